The summed E-state index contributed by atoms with van der Waals surface area (Å²) < 4.78 is 1.68. The number of allylic oxidation sites excluding steroid dienone is 1. The number of carbonyl (C=O) groups is 2. The van der Waals surface area contributed by atoms with Crippen molar-refractivity contribution in [1.29, 1.82) is 0 Å². The number of aromatic nitrogens is 1. The fourth-order valence-electron chi connectivity index (χ4n) is 2.82. The van der Waals surface area contributed by atoms with E-state index in [-0.39, 0.29) is 11.3 Å². The Morgan fingerprint density at radius 3 is 2.43 bits per heavy atom. The van der Waals surface area contributed by atoms with E-state index in [1.807, 2.05) is 6.92 Å². The number of nitrogens with zero attached hydrogens (tertiary/aromatic N) is 1. The molecule has 0 aliphatic rings. The number of unbranched alkanes of at least 4 members (excludes halogenated alkanes) is 3. The number of rotatable bonds is 9. The van der Waals surface area contributed by atoms with Gasteiger partial charge >= 0.3 is 5.97 Å². The molecule has 0 aliphatic carbocycles. The van der Waals surface area contributed by atoms with Gasteiger partial charge in [-0.3, -0.25) is 4.79 Å². The van der Waals surface area contributed by atoms with Crippen LogP contribution in [0.15, 0.2) is 6.58 Å². The van der Waals surface area contributed by atoms with Crippen LogP contribution >= 0.6 is 0 Å². The molecular formula is C17H25NO3. The summed E-state index contributed by atoms with van der Waals surface area (Å²) in [6.07, 6.45) is 6.59. The van der Waals surface area contributed by atoms with Crippen molar-refractivity contribution < 1.29 is 14.7 Å². The van der Waals surface area contributed by atoms with Crippen LogP contribution in [0.4, 0.5) is 0 Å². The summed E-state index contributed by atoms with van der Waals surface area (Å²) in [6, 6.07) is 0. The Kier molecular flexibility index (Phi) is 6.40. The summed E-state index contributed by atoms with van der Waals surface area (Å²) in [5.41, 5.74) is 2.80. The highest BCUT2D eigenvalue weighted by molar-refractivity contribution is 5.99. The molecule has 0 saturated heterocycles. The van der Waals surface area contributed by atoms with E-state index in [4.69, 9.17) is 0 Å². The Labute approximate surface area is 126 Å². The van der Waals surface area contributed by atoms with Crippen molar-refractivity contribution in [2.24, 2.45) is 7.05 Å². The van der Waals surface area contributed by atoms with Crippen molar-refractivity contribution in [3.63, 3.8) is 0 Å². The van der Waals surface area contributed by atoms with E-state index in [9.17, 15) is 14.7 Å². The Morgan fingerprint density at radius 1 is 1.29 bits per heavy atom. The molecule has 21 heavy (non-hydrogen) atoms. The van der Waals surface area contributed by atoms with E-state index in [1.54, 1.807) is 11.6 Å². The maximum atomic E-state index is 11.4. The minimum atomic E-state index is -1.05. The molecule has 0 bridgehead atoms. The molecule has 0 spiro atoms. The molecular weight excluding hydrogens is 266 g/mol. The van der Waals surface area contributed by atoms with E-state index in [0.29, 0.717) is 18.3 Å². The first-order valence-corrected chi connectivity index (χ1v) is 7.57. The molecule has 0 aromatic carbocycles. The van der Waals surface area contributed by atoms with Gasteiger partial charge in [0.1, 0.15) is 0 Å². The van der Waals surface area contributed by atoms with Crippen LogP contribution in [0.5, 0.6) is 0 Å². The number of carboxylic acid groups (broad SMARTS) is 1. The van der Waals surface area contributed by atoms with Crippen molar-refractivity contribution in [2.45, 2.75) is 52.4 Å². The van der Waals surface area contributed by atoms with E-state index in [1.165, 1.54) is 12.8 Å². The maximum absolute atomic E-state index is 11.4. The minimum absolute atomic E-state index is 0.125. The van der Waals surface area contributed by atoms with Gasteiger partial charge < -0.3 is 9.67 Å². The predicted molar refractivity (Wildman–Crippen MR) is 84.9 cm³/mol. The largest absolute Gasteiger partial charge is 0.478 e. The fraction of sp³-hybridized carbons (Fsp3) is 0.529. The quantitative estimate of drug-likeness (QED) is 0.551. The zero-order chi connectivity index (χ0) is 16.0. The molecule has 1 aromatic rings. The average Bonchev–Trinajstić information content (AvgIpc) is 2.75. The number of hydrogen-bond donors (Lipinski definition) is 1. The lowest BCUT2D eigenvalue weighted by Gasteiger charge is -2.10. The molecule has 1 aromatic heterocycles. The highest BCUT2D eigenvalue weighted by Gasteiger charge is 2.25. The molecule has 1 heterocycles. The smallest absolute Gasteiger partial charge is 0.338 e. The van der Waals surface area contributed by atoms with Crippen LogP contribution in [0.25, 0.3) is 5.57 Å². The van der Waals surface area contributed by atoms with Gasteiger partial charge in [0.15, 0.2) is 6.29 Å². The van der Waals surface area contributed by atoms with E-state index >= 15 is 0 Å². The Hall–Kier alpha value is -1.84. The van der Waals surface area contributed by atoms with Crippen LogP contribution in [0, 0.1) is 0 Å². The molecule has 4 heteroatoms. The number of aldehydes is 1. The van der Waals surface area contributed by atoms with Gasteiger partial charge in [-0.05, 0) is 30.4 Å². The van der Waals surface area contributed by atoms with Crippen molar-refractivity contribution in [3.05, 3.63) is 29.1 Å². The number of aromatic carboxylic acids is 1. The standard InChI is InChI=1S/C17H25NO3/c1-5-7-8-9-10-12(3)16-13(6-2)15(17(20)21)14(11-19)18(16)4/h11H,3,5-10H2,1-2,4H3,(H,20,21). The molecule has 1 rings (SSSR count). The molecule has 0 unspecified atom stereocenters. The molecule has 4 nitrogen and oxygen atoms in total. The molecule has 0 radical (unpaired) electrons. The van der Waals surface area contributed by atoms with E-state index in [2.05, 4.69) is 13.5 Å². The summed E-state index contributed by atoms with van der Waals surface area (Å²) in [6.45, 7) is 8.18. The summed E-state index contributed by atoms with van der Waals surface area (Å²) in [4.78, 5) is 22.7. The summed E-state index contributed by atoms with van der Waals surface area (Å²) in [5, 5.41) is 9.37. The minimum Gasteiger partial charge on any atom is -0.478 e. The molecule has 1 N–H and O–H groups in total. The maximum Gasteiger partial charge on any atom is 0.338 e. The molecule has 0 saturated carbocycles. The SMILES string of the molecule is C=C(CCCCCC)c1c(CC)c(C(=O)O)c(C=O)n1C. The van der Waals surface area contributed by atoms with Crippen molar-refractivity contribution in [2.75, 3.05) is 0 Å². The number of hydrogen-bond acceptors (Lipinski definition) is 2. The van der Waals surface area contributed by atoms with Gasteiger partial charge in [-0.2, -0.15) is 0 Å². The zero-order valence-electron chi connectivity index (χ0n) is 13.2. The predicted octanol–water partition coefficient (Wildman–Crippen LogP) is 4.08. The molecule has 0 aliphatic heterocycles. The first-order chi connectivity index (χ1) is 9.99. The summed E-state index contributed by atoms with van der Waals surface area (Å²) in [5.74, 6) is -1.05. The van der Waals surface area contributed by atoms with Crippen LogP contribution in [-0.2, 0) is 13.5 Å². The summed E-state index contributed by atoms with van der Waals surface area (Å²) in [7, 11) is 1.74. The van der Waals surface area contributed by atoms with Crippen molar-refractivity contribution in [3.8, 4) is 0 Å². The van der Waals surface area contributed by atoms with Crippen molar-refractivity contribution in [1.82, 2.24) is 4.57 Å². The van der Waals surface area contributed by atoms with E-state index in [0.717, 1.165) is 30.5 Å². The lowest BCUT2D eigenvalue weighted by Crippen LogP contribution is -2.04. The highest BCUT2D eigenvalue weighted by atomic mass is 16.4. The second-order valence-electron chi connectivity index (χ2n) is 5.34. The second-order valence-corrected chi connectivity index (χ2v) is 5.34. The molecule has 0 amide bonds. The lowest BCUT2D eigenvalue weighted by atomic mass is 9.99. The fourth-order valence-corrected chi connectivity index (χ4v) is 2.82. The van der Waals surface area contributed by atoms with Crippen LogP contribution in [0.1, 0.15) is 78.1 Å². The Morgan fingerprint density at radius 2 is 1.95 bits per heavy atom. The van der Waals surface area contributed by atoms with Gasteiger partial charge in [0, 0.05) is 12.7 Å². The van der Waals surface area contributed by atoms with Crippen LogP contribution in [-0.4, -0.2) is 21.9 Å². The Bertz CT molecular complexity index is 541. The zero-order valence-corrected chi connectivity index (χ0v) is 13.2. The van der Waals surface area contributed by atoms with Crippen molar-refractivity contribution >= 4 is 17.8 Å². The first-order valence-electron chi connectivity index (χ1n) is 7.57. The average molecular weight is 291 g/mol. The molecule has 116 valence electrons. The van der Waals surface area contributed by atoms with Crippen LogP contribution < -0.4 is 0 Å². The number of carbonyl (C=O) groups excluding carboxylic acids is 1. The highest BCUT2D eigenvalue weighted by Crippen LogP contribution is 2.30. The summed E-state index contributed by atoms with van der Waals surface area (Å²) >= 11 is 0. The van der Waals surface area contributed by atoms with Gasteiger partial charge in [-0.25, -0.2) is 4.79 Å². The third kappa shape index (κ3) is 3.63. The Balaban J connectivity index is 3.14. The third-order valence-corrected chi connectivity index (χ3v) is 3.89. The lowest BCUT2D eigenvalue weighted by molar-refractivity contribution is 0.0692. The van der Waals surface area contributed by atoms with Gasteiger partial charge in [-0.15, -0.1) is 0 Å². The first kappa shape index (κ1) is 17.2. The monoisotopic (exact) mass is 291 g/mol. The number of carboxylic acids is 1. The molecule has 0 atom stereocenters. The van der Waals surface area contributed by atoms with E-state index < -0.39 is 5.97 Å². The normalized spacial score (nSPS) is 10.6. The van der Waals surface area contributed by atoms with Gasteiger partial charge in [0.05, 0.1) is 11.3 Å². The van der Waals surface area contributed by atoms with Gasteiger partial charge in [0.2, 0.25) is 0 Å². The second kappa shape index (κ2) is 7.81. The topological polar surface area (TPSA) is 59.3 Å². The van der Waals surface area contributed by atoms with Gasteiger partial charge in [-0.1, -0.05) is 39.7 Å². The van der Waals surface area contributed by atoms with Gasteiger partial charge in [0.25, 0.3) is 0 Å². The molecule has 0 fully saturated rings. The van der Waals surface area contributed by atoms with Crippen LogP contribution in [0.3, 0.4) is 0 Å². The van der Waals surface area contributed by atoms with Crippen LogP contribution in [0.2, 0.25) is 0 Å². The third-order valence-electron chi connectivity index (χ3n) is 3.89.